The molecule has 0 aliphatic carbocycles. The molecule has 0 saturated carbocycles. The molecule has 0 rings (SSSR count). The van der Waals surface area contributed by atoms with Crippen molar-refractivity contribution in [3.8, 4) is 0 Å². The van der Waals surface area contributed by atoms with E-state index in [9.17, 15) is 4.79 Å². The van der Waals surface area contributed by atoms with Crippen LogP contribution in [0.15, 0.2) is 0 Å². The molecule has 100 valence electrons. The largest absolute Gasteiger partial charge is 0.356 e. The summed E-state index contributed by atoms with van der Waals surface area (Å²) in [5, 5.41) is 2.90. The third-order valence-electron chi connectivity index (χ3n) is 2.33. The maximum absolute atomic E-state index is 11.2. The molecule has 0 radical (unpaired) electrons. The van der Waals surface area contributed by atoms with Gasteiger partial charge in [0.1, 0.15) is 0 Å². The van der Waals surface area contributed by atoms with Crippen molar-refractivity contribution in [2.45, 2.75) is 79.1 Å². The molecule has 0 aromatic rings. The predicted molar refractivity (Wildman–Crippen MR) is 74.8 cm³/mol. The van der Waals surface area contributed by atoms with Crippen LogP contribution in [0.2, 0.25) is 0 Å². The molecule has 1 N–H and O–H groups in total. The molecule has 0 aromatic heterocycles. The second kappa shape index (κ2) is 16.9. The predicted octanol–water partition coefficient (Wildman–Crippen LogP) is 4.54. The quantitative estimate of drug-likeness (QED) is 0.580. The van der Waals surface area contributed by atoms with Gasteiger partial charge in [0.2, 0.25) is 5.91 Å². The molecule has 0 spiro atoms. The fraction of sp³-hybridized carbons (Fsp3) is 0.929. The van der Waals surface area contributed by atoms with Crippen molar-refractivity contribution in [2.75, 3.05) is 6.54 Å². The number of hydrogen-bond donors (Lipinski definition) is 1. The lowest BCUT2D eigenvalue weighted by molar-refractivity contribution is -0.121. The van der Waals surface area contributed by atoms with Gasteiger partial charge in [-0.2, -0.15) is 0 Å². The number of carbonyl (C=O) groups is 1. The van der Waals surface area contributed by atoms with Gasteiger partial charge in [0, 0.05) is 14.4 Å². The van der Waals surface area contributed by atoms with Crippen LogP contribution in [0.1, 0.15) is 80.5 Å². The third-order valence-corrected chi connectivity index (χ3v) is 2.33. The summed E-state index contributed by atoms with van der Waals surface area (Å²) >= 11 is 0. The van der Waals surface area contributed by atoms with Crippen LogP contribution in [-0.4, -0.2) is 12.5 Å². The SMILES string of the molecule is CC.CCCCCCCCC(=O)NCCC.[HH]. The van der Waals surface area contributed by atoms with E-state index in [0.29, 0.717) is 6.42 Å². The Labute approximate surface area is 104 Å². The van der Waals surface area contributed by atoms with Gasteiger partial charge < -0.3 is 5.32 Å². The molecule has 0 heterocycles. The van der Waals surface area contributed by atoms with E-state index in [1.807, 2.05) is 13.8 Å². The average Bonchev–Trinajstić information content (AvgIpc) is 2.33. The first-order valence-electron chi connectivity index (χ1n) is 7.08. The van der Waals surface area contributed by atoms with Crippen LogP contribution < -0.4 is 5.32 Å². The van der Waals surface area contributed by atoms with E-state index in [1.54, 1.807) is 0 Å². The molecular formula is C14H33NO. The highest BCUT2D eigenvalue weighted by molar-refractivity contribution is 5.75. The summed E-state index contributed by atoms with van der Waals surface area (Å²) in [4.78, 5) is 11.2. The molecule has 0 saturated heterocycles. The van der Waals surface area contributed by atoms with Crippen LogP contribution in [0.5, 0.6) is 0 Å². The van der Waals surface area contributed by atoms with E-state index >= 15 is 0 Å². The van der Waals surface area contributed by atoms with E-state index in [0.717, 1.165) is 19.4 Å². The minimum atomic E-state index is 0. The molecule has 2 heteroatoms. The van der Waals surface area contributed by atoms with Crippen molar-refractivity contribution in [1.29, 1.82) is 0 Å². The van der Waals surface area contributed by atoms with Gasteiger partial charge in [-0.3, -0.25) is 4.79 Å². The summed E-state index contributed by atoms with van der Waals surface area (Å²) < 4.78 is 0. The first kappa shape index (κ1) is 17.9. The Balaban J connectivity index is -0.000000616. The highest BCUT2D eigenvalue weighted by Crippen LogP contribution is 2.06. The highest BCUT2D eigenvalue weighted by Gasteiger charge is 1.98. The highest BCUT2D eigenvalue weighted by atomic mass is 16.1. The zero-order valence-corrected chi connectivity index (χ0v) is 11.8. The molecule has 0 bridgehead atoms. The standard InChI is InChI=1S/C12H25NO.C2H6.H2/c1-3-5-6-7-8-9-10-12(14)13-11-4-2;1-2;/h3-11H2,1-2H3,(H,13,14);1-2H3;1H. The maximum Gasteiger partial charge on any atom is 0.219 e. The van der Waals surface area contributed by atoms with Gasteiger partial charge in [-0.15, -0.1) is 0 Å². The van der Waals surface area contributed by atoms with E-state index in [2.05, 4.69) is 19.2 Å². The summed E-state index contributed by atoms with van der Waals surface area (Å²) in [6.07, 6.45) is 9.24. The molecule has 0 fully saturated rings. The van der Waals surface area contributed by atoms with E-state index in [-0.39, 0.29) is 7.33 Å². The van der Waals surface area contributed by atoms with Gasteiger partial charge in [0.05, 0.1) is 0 Å². The Kier molecular flexibility index (Phi) is 18.8. The number of hydrogen-bond acceptors (Lipinski definition) is 1. The minimum Gasteiger partial charge on any atom is -0.356 e. The number of rotatable bonds is 9. The molecule has 1 amide bonds. The monoisotopic (exact) mass is 231 g/mol. The van der Waals surface area contributed by atoms with Crippen molar-refractivity contribution >= 4 is 5.91 Å². The fourth-order valence-electron chi connectivity index (χ4n) is 1.42. The van der Waals surface area contributed by atoms with Gasteiger partial charge in [-0.05, 0) is 12.8 Å². The molecular weight excluding hydrogens is 198 g/mol. The van der Waals surface area contributed by atoms with Crippen molar-refractivity contribution in [3.05, 3.63) is 0 Å². The minimum absolute atomic E-state index is 0. The number of carbonyl (C=O) groups excluding carboxylic acids is 1. The molecule has 0 aliphatic rings. The zero-order valence-electron chi connectivity index (χ0n) is 11.8. The van der Waals surface area contributed by atoms with Gasteiger partial charge in [0.25, 0.3) is 0 Å². The maximum atomic E-state index is 11.2. The molecule has 2 nitrogen and oxygen atoms in total. The second-order valence-corrected chi connectivity index (χ2v) is 3.87. The summed E-state index contributed by atoms with van der Waals surface area (Å²) in [6, 6.07) is 0. The van der Waals surface area contributed by atoms with Crippen LogP contribution in [-0.2, 0) is 4.79 Å². The van der Waals surface area contributed by atoms with Gasteiger partial charge in [-0.1, -0.05) is 59.8 Å². The Hall–Kier alpha value is -0.530. The van der Waals surface area contributed by atoms with Crippen molar-refractivity contribution in [3.63, 3.8) is 0 Å². The lowest BCUT2D eigenvalue weighted by Crippen LogP contribution is -2.23. The Morgan fingerprint density at radius 1 is 0.938 bits per heavy atom. The van der Waals surface area contributed by atoms with Crippen molar-refractivity contribution in [2.24, 2.45) is 0 Å². The summed E-state index contributed by atoms with van der Waals surface area (Å²) in [5.74, 6) is 0.224. The third kappa shape index (κ3) is 15.9. The summed E-state index contributed by atoms with van der Waals surface area (Å²) in [7, 11) is 0. The number of unbranched alkanes of at least 4 members (excludes halogenated alkanes) is 5. The first-order chi connectivity index (χ1) is 7.81. The Bertz CT molecular complexity index is 140. The number of nitrogens with one attached hydrogen (secondary N) is 1. The second-order valence-electron chi connectivity index (χ2n) is 3.87. The lowest BCUT2D eigenvalue weighted by atomic mass is 10.1. The van der Waals surface area contributed by atoms with Crippen molar-refractivity contribution in [1.82, 2.24) is 5.32 Å². The molecule has 0 atom stereocenters. The molecule has 0 unspecified atom stereocenters. The Morgan fingerprint density at radius 2 is 1.50 bits per heavy atom. The van der Waals surface area contributed by atoms with Crippen LogP contribution in [0.3, 0.4) is 0 Å². The van der Waals surface area contributed by atoms with E-state index < -0.39 is 0 Å². The normalized spacial score (nSPS) is 9.25. The Morgan fingerprint density at radius 3 is 2.06 bits per heavy atom. The zero-order chi connectivity index (χ0) is 12.6. The van der Waals surface area contributed by atoms with Gasteiger partial charge in [-0.25, -0.2) is 0 Å². The lowest BCUT2D eigenvalue weighted by Gasteiger charge is -2.03. The number of amides is 1. The fourth-order valence-corrected chi connectivity index (χ4v) is 1.42. The average molecular weight is 231 g/mol. The van der Waals surface area contributed by atoms with Crippen LogP contribution in [0.25, 0.3) is 0 Å². The van der Waals surface area contributed by atoms with Crippen molar-refractivity contribution < 1.29 is 6.22 Å². The summed E-state index contributed by atoms with van der Waals surface area (Å²) in [5.41, 5.74) is 0. The van der Waals surface area contributed by atoms with Crippen LogP contribution in [0.4, 0.5) is 0 Å². The molecule has 16 heavy (non-hydrogen) atoms. The van der Waals surface area contributed by atoms with Gasteiger partial charge in [0.15, 0.2) is 0 Å². The summed E-state index contributed by atoms with van der Waals surface area (Å²) in [6.45, 7) is 9.12. The molecule has 0 aromatic carbocycles. The topological polar surface area (TPSA) is 29.1 Å². The molecule has 0 aliphatic heterocycles. The van der Waals surface area contributed by atoms with Gasteiger partial charge >= 0.3 is 0 Å². The van der Waals surface area contributed by atoms with Crippen LogP contribution in [0, 0.1) is 0 Å². The smallest absolute Gasteiger partial charge is 0.219 e. The first-order valence-corrected chi connectivity index (χ1v) is 7.08. The van der Waals surface area contributed by atoms with E-state index in [4.69, 9.17) is 0 Å². The van der Waals surface area contributed by atoms with E-state index in [1.165, 1.54) is 32.1 Å². The van der Waals surface area contributed by atoms with Crippen LogP contribution >= 0.6 is 0 Å².